The molecular weight excluding hydrogens is 331 g/mol. The highest BCUT2D eigenvalue weighted by Crippen LogP contribution is 2.37. The van der Waals surface area contributed by atoms with Gasteiger partial charge in [-0.25, -0.2) is 0 Å². The summed E-state index contributed by atoms with van der Waals surface area (Å²) in [4.78, 5) is 0. The second-order valence-corrected chi connectivity index (χ2v) is 6.52. The fraction of sp³-hybridized carbons (Fsp3) is 0.647. The Hall–Kier alpha value is -0.0500. The largest absolute Gasteiger partial charge is 0.0654 e. The van der Waals surface area contributed by atoms with E-state index < -0.39 is 6.37 Å². The molecule has 0 aliphatic heterocycles. The van der Waals surface area contributed by atoms with Crippen LogP contribution in [-0.4, -0.2) is 0 Å². The predicted octanol–water partition coefficient (Wildman–Crippen LogP) is 6.15. The number of halogens is 1. The van der Waals surface area contributed by atoms with E-state index in [1.807, 2.05) is 24.3 Å². The molecule has 1 heteroatoms. The van der Waals surface area contributed by atoms with Crippen molar-refractivity contribution in [3.05, 3.63) is 33.4 Å². The van der Waals surface area contributed by atoms with Crippen LogP contribution < -0.4 is 0 Å². The first-order chi connectivity index (χ1) is 9.94. The summed E-state index contributed by atoms with van der Waals surface area (Å²) in [5.41, 5.74) is 0.993. The van der Waals surface area contributed by atoms with Crippen molar-refractivity contribution in [2.45, 2.75) is 64.1 Å². The third-order valence-corrected chi connectivity index (χ3v) is 4.50. The first-order valence-corrected chi connectivity index (χ1v) is 8.19. The molecule has 2 rings (SSSR count). The van der Waals surface area contributed by atoms with Crippen molar-refractivity contribution >= 4 is 22.6 Å². The Labute approximate surface area is 130 Å². The summed E-state index contributed by atoms with van der Waals surface area (Å²) < 4.78 is 26.5. The van der Waals surface area contributed by atoms with Crippen molar-refractivity contribution in [3.8, 4) is 0 Å². The summed E-state index contributed by atoms with van der Waals surface area (Å²) in [7, 11) is 0. The van der Waals surface area contributed by atoms with Crippen LogP contribution in [0, 0.1) is 9.49 Å². The molecule has 1 fully saturated rings. The van der Waals surface area contributed by atoms with Gasteiger partial charge in [0.25, 0.3) is 0 Å². The number of benzene rings is 1. The van der Waals surface area contributed by atoms with Crippen molar-refractivity contribution in [2.24, 2.45) is 5.92 Å². The number of rotatable bonds is 5. The highest BCUT2D eigenvalue weighted by Gasteiger charge is 2.21. The minimum absolute atomic E-state index is 0.281. The summed E-state index contributed by atoms with van der Waals surface area (Å²) in [6.45, 7) is 2.19. The van der Waals surface area contributed by atoms with Crippen LogP contribution >= 0.6 is 22.6 Å². The SMILES string of the molecule is [2H][C@@H]1C[C@@H](CCCCC)CC([2H])([2H])C1c1ccc(I)cc1. The molecule has 1 unspecified atom stereocenters. The molecular formula is C17H25I. The topological polar surface area (TPSA) is 0 Å². The fourth-order valence-corrected chi connectivity index (χ4v) is 2.98. The van der Waals surface area contributed by atoms with Gasteiger partial charge in [-0.05, 0) is 77.7 Å². The predicted molar refractivity (Wildman–Crippen MR) is 88.0 cm³/mol. The molecule has 1 aliphatic rings. The van der Waals surface area contributed by atoms with Crippen LogP contribution in [0.3, 0.4) is 0 Å². The monoisotopic (exact) mass is 359 g/mol. The lowest BCUT2D eigenvalue weighted by Crippen LogP contribution is -2.13. The van der Waals surface area contributed by atoms with E-state index in [0.717, 1.165) is 22.0 Å². The summed E-state index contributed by atoms with van der Waals surface area (Å²) >= 11 is 2.26. The van der Waals surface area contributed by atoms with E-state index in [2.05, 4.69) is 29.5 Å². The molecule has 0 bridgehead atoms. The Kier molecular flexibility index (Phi) is 4.47. The molecule has 0 amide bonds. The molecule has 0 nitrogen and oxygen atoms in total. The van der Waals surface area contributed by atoms with E-state index in [4.69, 9.17) is 4.11 Å². The highest BCUT2D eigenvalue weighted by atomic mass is 127. The molecule has 1 aliphatic carbocycles. The Morgan fingerprint density at radius 1 is 1.22 bits per heavy atom. The molecule has 0 heterocycles. The van der Waals surface area contributed by atoms with Crippen LogP contribution in [0.15, 0.2) is 24.3 Å². The van der Waals surface area contributed by atoms with Crippen LogP contribution in [-0.2, 0) is 0 Å². The van der Waals surface area contributed by atoms with Gasteiger partial charge in [0.1, 0.15) is 0 Å². The van der Waals surface area contributed by atoms with E-state index in [-0.39, 0.29) is 12.3 Å². The van der Waals surface area contributed by atoms with Crippen molar-refractivity contribution in [1.29, 1.82) is 0 Å². The number of hydrogen-bond donors (Lipinski definition) is 0. The lowest BCUT2D eigenvalue weighted by atomic mass is 9.77. The van der Waals surface area contributed by atoms with Gasteiger partial charge in [-0.3, -0.25) is 0 Å². The van der Waals surface area contributed by atoms with Gasteiger partial charge in [-0.1, -0.05) is 44.7 Å². The standard InChI is InChI=1S/C17H25I/c1-2-3-4-5-14-6-8-15(9-7-14)16-10-12-17(18)13-11-16/h10-15H,2-9H2,1H3/t14-,15?/i8D,9D2/t8-,14-,15?/m1/s1. The normalized spacial score (nSPS) is 33.4. The van der Waals surface area contributed by atoms with E-state index in [1.165, 1.54) is 19.3 Å². The van der Waals surface area contributed by atoms with Crippen LogP contribution in [0.5, 0.6) is 0 Å². The highest BCUT2D eigenvalue weighted by molar-refractivity contribution is 14.1. The molecule has 0 spiro atoms. The second-order valence-electron chi connectivity index (χ2n) is 5.27. The molecule has 0 N–H and O–H groups in total. The molecule has 1 saturated carbocycles. The van der Waals surface area contributed by atoms with Crippen molar-refractivity contribution < 1.29 is 4.11 Å². The minimum atomic E-state index is -1.26. The Bertz CT molecular complexity index is 444. The maximum Gasteiger partial charge on any atom is 0.0273 e. The van der Waals surface area contributed by atoms with Crippen LogP contribution in [0.1, 0.15) is 73.8 Å². The number of hydrogen-bond acceptors (Lipinski definition) is 0. The lowest BCUT2D eigenvalue weighted by Gasteiger charge is -2.28. The molecule has 1 aromatic rings. The Morgan fingerprint density at radius 3 is 2.67 bits per heavy atom. The summed E-state index contributed by atoms with van der Waals surface area (Å²) in [5, 5.41) is 0. The van der Waals surface area contributed by atoms with Crippen LogP contribution in [0.2, 0.25) is 0 Å². The van der Waals surface area contributed by atoms with Gasteiger partial charge in [0.05, 0.1) is 0 Å². The number of unbranched alkanes of at least 4 members (excludes halogenated alkanes) is 2. The zero-order valence-corrected chi connectivity index (χ0v) is 13.3. The molecule has 0 radical (unpaired) electrons. The summed E-state index contributed by atoms with van der Waals surface area (Å²) in [5.74, 6) is 0.103. The van der Waals surface area contributed by atoms with Gasteiger partial charge < -0.3 is 0 Å². The zero-order chi connectivity index (χ0) is 15.5. The molecule has 100 valence electrons. The molecule has 1 aromatic carbocycles. The van der Waals surface area contributed by atoms with Crippen LogP contribution in [0.25, 0.3) is 0 Å². The van der Waals surface area contributed by atoms with E-state index in [1.54, 1.807) is 0 Å². The second kappa shape index (κ2) is 7.52. The van der Waals surface area contributed by atoms with Gasteiger partial charge >= 0.3 is 0 Å². The van der Waals surface area contributed by atoms with Gasteiger partial charge in [0.2, 0.25) is 0 Å². The smallest absolute Gasteiger partial charge is 0.0273 e. The van der Waals surface area contributed by atoms with Crippen molar-refractivity contribution in [3.63, 3.8) is 0 Å². The molecule has 3 atom stereocenters. The molecule has 18 heavy (non-hydrogen) atoms. The summed E-state index contributed by atoms with van der Waals surface area (Å²) in [6.07, 6.45) is 4.58. The molecule has 0 aromatic heterocycles. The van der Waals surface area contributed by atoms with Gasteiger partial charge in [0.15, 0.2) is 0 Å². The van der Waals surface area contributed by atoms with Crippen molar-refractivity contribution in [1.82, 2.24) is 0 Å². The van der Waals surface area contributed by atoms with Crippen LogP contribution in [0.4, 0.5) is 0 Å². The molecule has 0 saturated heterocycles. The third-order valence-electron chi connectivity index (χ3n) is 3.78. The Morgan fingerprint density at radius 2 is 2.00 bits per heavy atom. The fourth-order valence-electron chi connectivity index (χ4n) is 2.62. The quantitative estimate of drug-likeness (QED) is 0.437. The van der Waals surface area contributed by atoms with Gasteiger partial charge in [0, 0.05) is 7.68 Å². The zero-order valence-electron chi connectivity index (χ0n) is 14.2. The van der Waals surface area contributed by atoms with Gasteiger partial charge in [-0.15, -0.1) is 0 Å². The Balaban J connectivity index is 2.08. The van der Waals surface area contributed by atoms with E-state index in [9.17, 15) is 0 Å². The average molecular weight is 359 g/mol. The van der Waals surface area contributed by atoms with E-state index in [0.29, 0.717) is 12.3 Å². The van der Waals surface area contributed by atoms with Gasteiger partial charge in [-0.2, -0.15) is 0 Å². The first kappa shape index (κ1) is 10.7. The van der Waals surface area contributed by atoms with E-state index >= 15 is 0 Å². The maximum absolute atomic E-state index is 8.46. The maximum atomic E-state index is 8.46. The van der Waals surface area contributed by atoms with Crippen molar-refractivity contribution in [2.75, 3.05) is 0 Å². The first-order valence-electron chi connectivity index (χ1n) is 8.69. The lowest BCUT2D eigenvalue weighted by molar-refractivity contribution is 0.303. The summed E-state index contributed by atoms with van der Waals surface area (Å²) in [6, 6.07) is 8.05. The average Bonchev–Trinajstić information content (AvgIpc) is 2.40. The third kappa shape index (κ3) is 4.25. The minimum Gasteiger partial charge on any atom is -0.0654 e.